The van der Waals surface area contributed by atoms with Gasteiger partial charge in [0.1, 0.15) is 0 Å². The largest absolute Gasteiger partial charge is 0.381 e. The summed E-state index contributed by atoms with van der Waals surface area (Å²) in [6.07, 6.45) is 0.924. The molecule has 2 nitrogen and oxygen atoms in total. The van der Waals surface area contributed by atoms with Crippen molar-refractivity contribution in [3.63, 3.8) is 0 Å². The quantitative estimate of drug-likeness (QED) is 0.550. The van der Waals surface area contributed by atoms with E-state index in [4.69, 9.17) is 9.47 Å². The first-order chi connectivity index (χ1) is 7.23. The first-order valence-corrected chi connectivity index (χ1v) is 6.60. The molecule has 0 aliphatic carbocycles. The Kier molecular flexibility index (Phi) is 6.99. The summed E-state index contributed by atoms with van der Waals surface area (Å²) in [6, 6.07) is 0. The van der Waals surface area contributed by atoms with E-state index in [2.05, 4.69) is 47.2 Å². The molecule has 0 aliphatic rings. The van der Waals surface area contributed by atoms with Gasteiger partial charge in [-0.25, -0.2) is 0 Å². The first-order valence-electron chi connectivity index (χ1n) is 5.96. The van der Waals surface area contributed by atoms with Gasteiger partial charge in [-0.15, -0.1) is 0 Å². The zero-order valence-electron chi connectivity index (χ0n) is 11.7. The van der Waals surface area contributed by atoms with Gasteiger partial charge < -0.3 is 9.47 Å². The van der Waals surface area contributed by atoms with E-state index >= 15 is 0 Å². The molecule has 16 heavy (non-hydrogen) atoms. The van der Waals surface area contributed by atoms with E-state index in [1.54, 1.807) is 7.11 Å². The van der Waals surface area contributed by atoms with E-state index < -0.39 is 0 Å². The van der Waals surface area contributed by atoms with Gasteiger partial charge in [0.25, 0.3) is 0 Å². The van der Waals surface area contributed by atoms with E-state index in [0.29, 0.717) is 5.92 Å². The van der Waals surface area contributed by atoms with Crippen LogP contribution >= 0.6 is 12.6 Å². The molecule has 98 valence electrons. The maximum absolute atomic E-state index is 5.72. The number of rotatable bonds is 7. The normalized spacial score (nSPS) is 15.2. The molecular weight excluding hydrogens is 220 g/mol. The van der Waals surface area contributed by atoms with Gasteiger partial charge in [0.2, 0.25) is 0 Å². The van der Waals surface area contributed by atoms with Crippen molar-refractivity contribution in [3.8, 4) is 0 Å². The maximum Gasteiger partial charge on any atom is 0.0644 e. The monoisotopic (exact) mass is 248 g/mol. The highest BCUT2D eigenvalue weighted by Crippen LogP contribution is 2.27. The van der Waals surface area contributed by atoms with Crippen LogP contribution in [0.3, 0.4) is 0 Å². The predicted molar refractivity (Wildman–Crippen MR) is 73.3 cm³/mol. The summed E-state index contributed by atoms with van der Waals surface area (Å²) < 4.78 is 11.1. The second-order valence-corrected chi connectivity index (χ2v) is 6.40. The van der Waals surface area contributed by atoms with Crippen molar-refractivity contribution in [2.45, 2.75) is 46.6 Å². The molecule has 0 aliphatic heterocycles. The minimum atomic E-state index is -0.0851. The molecule has 0 aromatic rings. The second kappa shape index (κ2) is 6.87. The Morgan fingerprint density at radius 2 is 1.69 bits per heavy atom. The minimum absolute atomic E-state index is 0.0851. The maximum atomic E-state index is 5.72. The Hall–Kier alpha value is 0.270. The van der Waals surface area contributed by atoms with Crippen LogP contribution < -0.4 is 0 Å². The molecule has 1 atom stereocenters. The summed E-state index contributed by atoms with van der Waals surface area (Å²) >= 11 is 4.38. The summed E-state index contributed by atoms with van der Waals surface area (Å²) in [6.45, 7) is 12.4. The molecule has 3 heteroatoms. The Labute approximate surface area is 107 Å². The minimum Gasteiger partial charge on any atom is -0.381 e. The van der Waals surface area contributed by atoms with Crippen molar-refractivity contribution < 1.29 is 9.47 Å². The molecule has 1 unspecified atom stereocenters. The molecule has 0 aromatic heterocycles. The zero-order valence-corrected chi connectivity index (χ0v) is 12.6. The van der Waals surface area contributed by atoms with Crippen molar-refractivity contribution in [2.24, 2.45) is 11.3 Å². The molecule has 0 fully saturated rings. The smallest absolute Gasteiger partial charge is 0.0644 e. The lowest BCUT2D eigenvalue weighted by molar-refractivity contribution is -0.0187. The Morgan fingerprint density at radius 1 is 1.12 bits per heavy atom. The summed E-state index contributed by atoms with van der Waals surface area (Å²) in [5.41, 5.74) is 0.177. The van der Waals surface area contributed by atoms with E-state index in [-0.39, 0.29) is 11.0 Å². The van der Waals surface area contributed by atoms with E-state index in [1.807, 2.05) is 0 Å². The number of thiol groups is 1. The highest BCUT2D eigenvalue weighted by molar-refractivity contribution is 7.80. The molecule has 0 bridgehead atoms. The van der Waals surface area contributed by atoms with Crippen LogP contribution in [0.1, 0.15) is 41.0 Å². The van der Waals surface area contributed by atoms with Gasteiger partial charge in [0.15, 0.2) is 0 Å². The van der Waals surface area contributed by atoms with Crippen LogP contribution in [0.15, 0.2) is 0 Å². The third kappa shape index (κ3) is 6.77. The third-order valence-corrected chi connectivity index (χ3v) is 3.61. The third-order valence-electron chi connectivity index (χ3n) is 3.17. The zero-order chi connectivity index (χ0) is 12.8. The molecule has 0 rings (SSSR count). The fourth-order valence-electron chi connectivity index (χ4n) is 1.22. The fourth-order valence-corrected chi connectivity index (χ4v) is 1.88. The summed E-state index contributed by atoms with van der Waals surface area (Å²) in [7, 11) is 1.74. The lowest BCUT2D eigenvalue weighted by Gasteiger charge is -2.30. The van der Waals surface area contributed by atoms with Crippen molar-refractivity contribution in [3.05, 3.63) is 0 Å². The highest BCUT2D eigenvalue weighted by atomic mass is 32.1. The molecule has 0 radical (unpaired) electrons. The number of hydrogen-bond acceptors (Lipinski definition) is 3. The highest BCUT2D eigenvalue weighted by Gasteiger charge is 2.23. The van der Waals surface area contributed by atoms with Gasteiger partial charge in [-0.3, -0.25) is 0 Å². The standard InChI is InChI=1S/C13H28O2S/c1-12(2,3)11(10-16)9-15-8-7-13(4,5)14-6/h11,16H,7-10H2,1-6H3. The topological polar surface area (TPSA) is 18.5 Å². The van der Waals surface area contributed by atoms with Gasteiger partial charge in [-0.2, -0.15) is 12.6 Å². The van der Waals surface area contributed by atoms with Crippen LogP contribution in [-0.4, -0.2) is 31.7 Å². The molecule has 0 amide bonds. The average molecular weight is 248 g/mol. The fraction of sp³-hybridized carbons (Fsp3) is 1.00. The van der Waals surface area contributed by atoms with Gasteiger partial charge >= 0.3 is 0 Å². The Morgan fingerprint density at radius 3 is 2.06 bits per heavy atom. The number of ether oxygens (including phenoxy) is 2. The second-order valence-electron chi connectivity index (χ2n) is 6.03. The molecule has 0 N–H and O–H groups in total. The van der Waals surface area contributed by atoms with Crippen molar-refractivity contribution in [1.29, 1.82) is 0 Å². The van der Waals surface area contributed by atoms with E-state index in [9.17, 15) is 0 Å². The van der Waals surface area contributed by atoms with E-state index in [1.165, 1.54) is 0 Å². The lowest BCUT2D eigenvalue weighted by atomic mass is 9.82. The number of methoxy groups -OCH3 is 1. The molecule has 0 spiro atoms. The predicted octanol–water partition coefficient (Wildman–Crippen LogP) is 3.41. The Balaban J connectivity index is 3.81. The van der Waals surface area contributed by atoms with Crippen molar-refractivity contribution >= 4 is 12.6 Å². The van der Waals surface area contributed by atoms with Gasteiger partial charge in [0, 0.05) is 13.7 Å². The van der Waals surface area contributed by atoms with Crippen molar-refractivity contribution in [2.75, 3.05) is 26.1 Å². The molecule has 0 saturated carbocycles. The van der Waals surface area contributed by atoms with Crippen LogP contribution in [-0.2, 0) is 9.47 Å². The Bertz CT molecular complexity index is 185. The van der Waals surface area contributed by atoms with E-state index in [0.717, 1.165) is 25.4 Å². The van der Waals surface area contributed by atoms with Crippen LogP contribution in [0.4, 0.5) is 0 Å². The SMILES string of the molecule is COC(C)(C)CCOCC(CS)C(C)(C)C. The summed E-state index contributed by atoms with van der Waals surface area (Å²) in [5, 5.41) is 0. The molecule has 0 aromatic carbocycles. The van der Waals surface area contributed by atoms with Crippen LogP contribution in [0.5, 0.6) is 0 Å². The van der Waals surface area contributed by atoms with Crippen LogP contribution in [0.25, 0.3) is 0 Å². The van der Waals surface area contributed by atoms with Crippen LogP contribution in [0, 0.1) is 11.3 Å². The van der Waals surface area contributed by atoms with Gasteiger partial charge in [-0.05, 0) is 37.4 Å². The average Bonchev–Trinajstić information content (AvgIpc) is 2.15. The van der Waals surface area contributed by atoms with Gasteiger partial charge in [0.05, 0.1) is 12.2 Å². The summed E-state index contributed by atoms with van der Waals surface area (Å²) in [4.78, 5) is 0. The summed E-state index contributed by atoms with van der Waals surface area (Å²) in [5.74, 6) is 1.37. The lowest BCUT2D eigenvalue weighted by Crippen LogP contribution is -2.29. The van der Waals surface area contributed by atoms with Crippen LogP contribution in [0.2, 0.25) is 0 Å². The molecular formula is C13H28O2S. The number of hydrogen-bond donors (Lipinski definition) is 1. The molecule has 0 heterocycles. The first kappa shape index (κ1) is 16.3. The van der Waals surface area contributed by atoms with Crippen molar-refractivity contribution in [1.82, 2.24) is 0 Å². The molecule has 0 saturated heterocycles. The van der Waals surface area contributed by atoms with Gasteiger partial charge in [-0.1, -0.05) is 20.8 Å².